The number of likely N-dealkylation sites (tertiary alicyclic amines) is 1. The zero-order valence-electron chi connectivity index (χ0n) is 19.0. The number of piperidine rings is 1. The van der Waals surface area contributed by atoms with Gasteiger partial charge in [-0.3, -0.25) is 9.69 Å². The highest BCUT2D eigenvalue weighted by Gasteiger charge is 2.35. The molecule has 8 nitrogen and oxygen atoms in total. The van der Waals surface area contributed by atoms with Crippen molar-refractivity contribution in [3.05, 3.63) is 51.1 Å². The second-order valence-electron chi connectivity index (χ2n) is 9.38. The summed E-state index contributed by atoms with van der Waals surface area (Å²) in [5.74, 6) is 0.664. The van der Waals surface area contributed by atoms with E-state index in [1.165, 1.54) is 0 Å². The van der Waals surface area contributed by atoms with Crippen molar-refractivity contribution in [3.63, 3.8) is 0 Å². The minimum absolute atomic E-state index is 0.126. The van der Waals surface area contributed by atoms with Gasteiger partial charge in [0.25, 0.3) is 5.56 Å². The average Bonchev–Trinajstić information content (AvgIpc) is 3.21. The van der Waals surface area contributed by atoms with Crippen LogP contribution in [0.25, 0.3) is 10.9 Å². The number of benzene rings is 1. The molecule has 1 aromatic carbocycles. The number of H-pyrrole nitrogens is 1. The summed E-state index contributed by atoms with van der Waals surface area (Å²) in [7, 11) is 0. The van der Waals surface area contributed by atoms with E-state index in [0.29, 0.717) is 37.3 Å². The number of aromatic nitrogens is 5. The summed E-state index contributed by atoms with van der Waals surface area (Å²) in [5.41, 5.74) is 3.28. The number of hydrogen-bond acceptors (Lipinski definition) is 6. The minimum Gasteiger partial charge on any atom is -0.393 e. The third-order valence-electron chi connectivity index (χ3n) is 6.66. The summed E-state index contributed by atoms with van der Waals surface area (Å²) in [6.07, 6.45) is 1.88. The van der Waals surface area contributed by atoms with Gasteiger partial charge in [0.05, 0.1) is 17.2 Å². The molecule has 1 atom stereocenters. The van der Waals surface area contributed by atoms with Crippen LogP contribution in [0.3, 0.4) is 0 Å². The first kappa shape index (κ1) is 21.6. The number of aliphatic hydroxyl groups is 1. The van der Waals surface area contributed by atoms with Gasteiger partial charge in [0.2, 0.25) is 0 Å². The Balaban J connectivity index is 1.92. The summed E-state index contributed by atoms with van der Waals surface area (Å²) < 4.78 is 1.85. The molecular formula is C23H32N6O2. The largest absolute Gasteiger partial charge is 0.393 e. The lowest BCUT2D eigenvalue weighted by molar-refractivity contribution is 0.0644. The number of aryl methyl sites for hydroxylation is 2. The van der Waals surface area contributed by atoms with Crippen LogP contribution in [0.5, 0.6) is 0 Å². The molecule has 3 aromatic rings. The van der Waals surface area contributed by atoms with Crippen molar-refractivity contribution >= 4 is 10.9 Å². The molecule has 1 fully saturated rings. The van der Waals surface area contributed by atoms with Crippen molar-refractivity contribution in [2.24, 2.45) is 0 Å². The molecule has 3 heterocycles. The maximum atomic E-state index is 13.3. The number of pyridine rings is 1. The van der Waals surface area contributed by atoms with Gasteiger partial charge in [0, 0.05) is 18.7 Å². The second kappa shape index (κ2) is 8.16. The molecule has 0 radical (unpaired) electrons. The number of fused-ring (bicyclic) bond motifs is 1. The molecule has 8 heteroatoms. The van der Waals surface area contributed by atoms with Crippen LogP contribution in [-0.4, -0.2) is 54.4 Å². The zero-order valence-corrected chi connectivity index (χ0v) is 19.0. The Morgan fingerprint density at radius 3 is 2.61 bits per heavy atom. The summed E-state index contributed by atoms with van der Waals surface area (Å²) in [5, 5.41) is 23.7. The van der Waals surface area contributed by atoms with E-state index in [1.54, 1.807) is 0 Å². The first-order chi connectivity index (χ1) is 14.7. The molecule has 0 spiro atoms. The summed E-state index contributed by atoms with van der Waals surface area (Å²) in [6.45, 7) is 11.7. The number of aromatic amines is 1. The van der Waals surface area contributed by atoms with Crippen LogP contribution < -0.4 is 5.56 Å². The van der Waals surface area contributed by atoms with Crippen molar-refractivity contribution in [1.82, 2.24) is 30.1 Å². The Morgan fingerprint density at radius 1 is 1.23 bits per heavy atom. The second-order valence-corrected chi connectivity index (χ2v) is 9.38. The van der Waals surface area contributed by atoms with E-state index >= 15 is 0 Å². The van der Waals surface area contributed by atoms with Crippen molar-refractivity contribution in [2.75, 3.05) is 13.1 Å². The predicted octanol–water partition coefficient (Wildman–Crippen LogP) is 2.82. The van der Waals surface area contributed by atoms with Crippen LogP contribution in [0, 0.1) is 13.8 Å². The normalized spacial score (nSPS) is 17.4. The van der Waals surface area contributed by atoms with Crippen molar-refractivity contribution in [3.8, 4) is 0 Å². The number of rotatable bonds is 5. The number of aliphatic hydroxyl groups excluding tert-OH is 1. The maximum absolute atomic E-state index is 13.3. The quantitative estimate of drug-likeness (QED) is 0.653. The average molecular weight is 425 g/mol. The van der Waals surface area contributed by atoms with E-state index < -0.39 is 0 Å². The Bertz CT molecular complexity index is 1140. The molecule has 4 rings (SSSR count). The standard InChI is InChI=1S/C23H32N6O2/c1-6-23(4,5)29-21(25-26-27-29)20(28-9-7-17(30)8-10-28)18-13-16-12-14(2)11-15(3)19(16)24-22(18)31/h11-13,17,20,30H,6-10H2,1-5H3,(H,24,31)/t20-/m0/s1. The van der Waals surface area contributed by atoms with E-state index in [9.17, 15) is 9.90 Å². The third-order valence-corrected chi connectivity index (χ3v) is 6.66. The molecule has 0 saturated carbocycles. The van der Waals surface area contributed by atoms with Crippen molar-refractivity contribution < 1.29 is 5.11 Å². The Hall–Kier alpha value is -2.58. The zero-order chi connectivity index (χ0) is 22.3. The highest BCUT2D eigenvalue weighted by molar-refractivity contribution is 5.83. The Labute approximate surface area is 182 Å². The third kappa shape index (κ3) is 4.02. The van der Waals surface area contributed by atoms with Gasteiger partial charge in [-0.2, -0.15) is 0 Å². The number of nitrogens with one attached hydrogen (secondary N) is 1. The smallest absolute Gasteiger partial charge is 0.253 e. The fourth-order valence-corrected chi connectivity index (χ4v) is 4.50. The Morgan fingerprint density at radius 2 is 1.94 bits per heavy atom. The maximum Gasteiger partial charge on any atom is 0.253 e. The Kier molecular flexibility index (Phi) is 5.70. The van der Waals surface area contributed by atoms with E-state index in [0.717, 1.165) is 28.5 Å². The van der Waals surface area contributed by atoms with Gasteiger partial charge in [0.15, 0.2) is 5.82 Å². The minimum atomic E-state index is -0.387. The summed E-state index contributed by atoms with van der Waals surface area (Å²) in [6, 6.07) is 5.77. The van der Waals surface area contributed by atoms with Gasteiger partial charge in [-0.05, 0) is 80.5 Å². The number of tetrazole rings is 1. The van der Waals surface area contributed by atoms with Gasteiger partial charge < -0.3 is 10.1 Å². The highest BCUT2D eigenvalue weighted by Crippen LogP contribution is 2.32. The van der Waals surface area contributed by atoms with Gasteiger partial charge in [-0.1, -0.05) is 18.6 Å². The molecule has 31 heavy (non-hydrogen) atoms. The van der Waals surface area contributed by atoms with Crippen LogP contribution >= 0.6 is 0 Å². The lowest BCUT2D eigenvalue weighted by Crippen LogP contribution is -2.43. The van der Waals surface area contributed by atoms with Crippen LogP contribution in [0.2, 0.25) is 0 Å². The first-order valence-corrected chi connectivity index (χ1v) is 11.1. The molecule has 0 amide bonds. The molecule has 1 aliphatic heterocycles. The molecule has 2 N–H and O–H groups in total. The van der Waals surface area contributed by atoms with E-state index in [1.807, 2.05) is 17.7 Å². The van der Waals surface area contributed by atoms with E-state index in [4.69, 9.17) is 0 Å². The van der Waals surface area contributed by atoms with Crippen LogP contribution in [-0.2, 0) is 5.54 Å². The highest BCUT2D eigenvalue weighted by atomic mass is 16.3. The molecule has 1 saturated heterocycles. The summed E-state index contributed by atoms with van der Waals surface area (Å²) >= 11 is 0. The number of nitrogens with zero attached hydrogens (tertiary/aromatic N) is 5. The van der Waals surface area contributed by atoms with Crippen LogP contribution in [0.4, 0.5) is 0 Å². The molecule has 166 valence electrons. The van der Waals surface area contributed by atoms with Gasteiger partial charge >= 0.3 is 0 Å². The molecule has 0 bridgehead atoms. The van der Waals surface area contributed by atoms with Gasteiger partial charge in [-0.15, -0.1) is 5.10 Å². The molecule has 0 aliphatic carbocycles. The molecule has 0 unspecified atom stereocenters. The van der Waals surface area contributed by atoms with Gasteiger partial charge in [0.1, 0.15) is 6.04 Å². The topological polar surface area (TPSA) is 99.9 Å². The monoisotopic (exact) mass is 424 g/mol. The molecule has 2 aromatic heterocycles. The fourth-order valence-electron chi connectivity index (χ4n) is 4.50. The number of hydrogen-bond donors (Lipinski definition) is 2. The van der Waals surface area contributed by atoms with Crippen LogP contribution in [0.1, 0.15) is 68.6 Å². The summed E-state index contributed by atoms with van der Waals surface area (Å²) in [4.78, 5) is 18.7. The van der Waals surface area contributed by atoms with Gasteiger partial charge in [-0.25, -0.2) is 4.68 Å². The van der Waals surface area contributed by atoms with E-state index in [2.05, 4.69) is 65.2 Å². The van der Waals surface area contributed by atoms with E-state index in [-0.39, 0.29) is 23.2 Å². The SMILES string of the molecule is CCC(C)(C)n1nnnc1[C@H](c1cc2cc(C)cc(C)c2[nH]c1=O)N1CCC(O)CC1. The predicted molar refractivity (Wildman–Crippen MR) is 120 cm³/mol. The fraction of sp³-hybridized carbons (Fsp3) is 0.565. The lowest BCUT2D eigenvalue weighted by Gasteiger charge is -2.36. The lowest BCUT2D eigenvalue weighted by atomic mass is 9.96. The van der Waals surface area contributed by atoms with Crippen LogP contribution in [0.15, 0.2) is 23.0 Å². The van der Waals surface area contributed by atoms with Crippen molar-refractivity contribution in [1.29, 1.82) is 0 Å². The molecule has 1 aliphatic rings. The first-order valence-electron chi connectivity index (χ1n) is 11.1. The van der Waals surface area contributed by atoms with Crippen molar-refractivity contribution in [2.45, 2.75) is 71.6 Å². The molecular weight excluding hydrogens is 392 g/mol.